The average molecular weight is 287 g/mol. The maximum atomic E-state index is 5.48. The maximum Gasteiger partial charge on any atom is 0.323 e. The highest BCUT2D eigenvalue weighted by Gasteiger charge is 2.08. The molecule has 0 saturated carbocycles. The molecule has 0 bridgehead atoms. The largest absolute Gasteiger partial charge is 0.463 e. The molecule has 1 aromatic carbocycles. The molecule has 6 nitrogen and oxygen atoms in total. The van der Waals surface area contributed by atoms with Crippen LogP contribution >= 0.6 is 0 Å². The van der Waals surface area contributed by atoms with E-state index >= 15 is 0 Å². The minimum absolute atomic E-state index is 0.323. The van der Waals surface area contributed by atoms with E-state index in [-0.39, 0.29) is 0 Å². The van der Waals surface area contributed by atoms with Crippen molar-refractivity contribution in [2.24, 2.45) is 0 Å². The SMILES string of the molecule is CCCOc1nc(NC)nc(Nc2ccc(C)cc2C)n1. The first-order valence-corrected chi connectivity index (χ1v) is 7.03. The molecule has 0 fully saturated rings. The monoisotopic (exact) mass is 287 g/mol. The van der Waals surface area contributed by atoms with E-state index < -0.39 is 0 Å². The highest BCUT2D eigenvalue weighted by molar-refractivity contribution is 5.59. The van der Waals surface area contributed by atoms with Crippen LogP contribution in [-0.2, 0) is 0 Å². The number of nitrogens with zero attached hydrogens (tertiary/aromatic N) is 3. The molecule has 0 amide bonds. The van der Waals surface area contributed by atoms with Crippen molar-refractivity contribution in [1.29, 1.82) is 0 Å². The van der Waals surface area contributed by atoms with Crippen molar-refractivity contribution in [1.82, 2.24) is 15.0 Å². The molecule has 112 valence electrons. The van der Waals surface area contributed by atoms with Gasteiger partial charge in [-0.1, -0.05) is 24.6 Å². The Morgan fingerprint density at radius 3 is 2.52 bits per heavy atom. The van der Waals surface area contributed by atoms with Crippen LogP contribution in [0.3, 0.4) is 0 Å². The molecule has 0 aliphatic heterocycles. The second-order valence-corrected chi connectivity index (χ2v) is 4.81. The molecule has 0 atom stereocenters. The number of nitrogens with one attached hydrogen (secondary N) is 2. The van der Waals surface area contributed by atoms with Gasteiger partial charge in [-0.15, -0.1) is 0 Å². The summed E-state index contributed by atoms with van der Waals surface area (Å²) in [7, 11) is 1.76. The summed E-state index contributed by atoms with van der Waals surface area (Å²) in [6.45, 7) is 6.73. The van der Waals surface area contributed by atoms with Crippen LogP contribution in [0.25, 0.3) is 0 Å². The first-order valence-electron chi connectivity index (χ1n) is 7.03. The van der Waals surface area contributed by atoms with Gasteiger partial charge in [0.15, 0.2) is 0 Å². The predicted octanol–water partition coefficient (Wildman–Crippen LogP) is 3.06. The fourth-order valence-corrected chi connectivity index (χ4v) is 1.86. The second kappa shape index (κ2) is 6.88. The zero-order chi connectivity index (χ0) is 15.2. The number of benzene rings is 1. The summed E-state index contributed by atoms with van der Waals surface area (Å²) in [5, 5.41) is 6.12. The van der Waals surface area contributed by atoms with E-state index in [2.05, 4.69) is 38.6 Å². The number of hydrogen-bond donors (Lipinski definition) is 2. The molecule has 0 saturated heterocycles. The molecule has 2 N–H and O–H groups in total. The Morgan fingerprint density at radius 2 is 1.86 bits per heavy atom. The van der Waals surface area contributed by atoms with Gasteiger partial charge >= 0.3 is 6.01 Å². The van der Waals surface area contributed by atoms with Gasteiger partial charge in [-0.3, -0.25) is 0 Å². The van der Waals surface area contributed by atoms with Crippen LogP contribution in [0.5, 0.6) is 6.01 Å². The topological polar surface area (TPSA) is 72.0 Å². The van der Waals surface area contributed by atoms with E-state index in [0.29, 0.717) is 24.5 Å². The molecule has 1 aromatic heterocycles. The number of aryl methyl sites for hydroxylation is 2. The lowest BCUT2D eigenvalue weighted by Crippen LogP contribution is -2.08. The Morgan fingerprint density at radius 1 is 1.10 bits per heavy atom. The van der Waals surface area contributed by atoms with Crippen molar-refractivity contribution in [3.63, 3.8) is 0 Å². The summed E-state index contributed by atoms with van der Waals surface area (Å²) in [5.74, 6) is 0.941. The van der Waals surface area contributed by atoms with Gasteiger partial charge in [-0.2, -0.15) is 15.0 Å². The zero-order valence-electron chi connectivity index (χ0n) is 12.9. The summed E-state index contributed by atoms with van der Waals surface area (Å²) in [6.07, 6.45) is 0.903. The van der Waals surface area contributed by atoms with Crippen molar-refractivity contribution in [2.45, 2.75) is 27.2 Å². The van der Waals surface area contributed by atoms with Crippen LogP contribution in [0.15, 0.2) is 18.2 Å². The van der Waals surface area contributed by atoms with Crippen LogP contribution < -0.4 is 15.4 Å². The predicted molar refractivity (Wildman–Crippen MR) is 84.4 cm³/mol. The van der Waals surface area contributed by atoms with Gasteiger partial charge in [0.1, 0.15) is 0 Å². The third-order valence-electron chi connectivity index (χ3n) is 2.90. The smallest absolute Gasteiger partial charge is 0.323 e. The lowest BCUT2D eigenvalue weighted by molar-refractivity contribution is 0.292. The molecule has 21 heavy (non-hydrogen) atoms. The number of ether oxygens (including phenoxy) is 1. The van der Waals surface area contributed by atoms with Crippen molar-refractivity contribution in [3.05, 3.63) is 29.3 Å². The minimum atomic E-state index is 0.323. The zero-order valence-corrected chi connectivity index (χ0v) is 12.9. The molecule has 2 aromatic rings. The fraction of sp³-hybridized carbons (Fsp3) is 0.400. The molecule has 0 radical (unpaired) electrons. The summed E-state index contributed by atoms with van der Waals surface area (Å²) in [5.41, 5.74) is 3.32. The number of hydrogen-bond acceptors (Lipinski definition) is 6. The summed E-state index contributed by atoms with van der Waals surface area (Å²) >= 11 is 0. The van der Waals surface area contributed by atoms with Crippen LogP contribution in [0.4, 0.5) is 17.6 Å². The normalized spacial score (nSPS) is 10.3. The molecular formula is C15H21N5O. The first-order chi connectivity index (χ1) is 10.1. The van der Waals surface area contributed by atoms with Gasteiger partial charge < -0.3 is 15.4 Å². The van der Waals surface area contributed by atoms with Crippen LogP contribution in [0.1, 0.15) is 24.5 Å². The molecule has 1 heterocycles. The Kier molecular flexibility index (Phi) is 4.92. The first kappa shape index (κ1) is 15.0. The maximum absolute atomic E-state index is 5.48. The molecule has 2 rings (SSSR count). The quantitative estimate of drug-likeness (QED) is 0.850. The van der Waals surface area contributed by atoms with E-state index in [1.807, 2.05) is 26.0 Å². The Hall–Kier alpha value is -2.37. The number of anilines is 3. The van der Waals surface area contributed by atoms with Gasteiger partial charge in [-0.05, 0) is 31.9 Å². The third kappa shape index (κ3) is 4.05. The Balaban J connectivity index is 2.25. The molecule has 0 spiro atoms. The molecule has 6 heteroatoms. The third-order valence-corrected chi connectivity index (χ3v) is 2.90. The highest BCUT2D eigenvalue weighted by atomic mass is 16.5. The van der Waals surface area contributed by atoms with Crippen LogP contribution in [-0.4, -0.2) is 28.6 Å². The van der Waals surface area contributed by atoms with E-state index in [4.69, 9.17) is 4.74 Å². The van der Waals surface area contributed by atoms with Crippen LogP contribution in [0, 0.1) is 13.8 Å². The lowest BCUT2D eigenvalue weighted by Gasteiger charge is -2.11. The van der Waals surface area contributed by atoms with Gasteiger partial charge in [0.25, 0.3) is 0 Å². The second-order valence-electron chi connectivity index (χ2n) is 4.81. The molecular weight excluding hydrogens is 266 g/mol. The van der Waals surface area contributed by atoms with Gasteiger partial charge in [0.05, 0.1) is 6.61 Å². The Bertz CT molecular complexity index is 615. The van der Waals surface area contributed by atoms with E-state index in [9.17, 15) is 0 Å². The number of rotatable bonds is 6. The van der Waals surface area contributed by atoms with E-state index in [1.54, 1.807) is 7.05 Å². The Labute approximate surface area is 125 Å². The van der Waals surface area contributed by atoms with Crippen molar-refractivity contribution in [3.8, 4) is 6.01 Å². The van der Waals surface area contributed by atoms with Crippen molar-refractivity contribution in [2.75, 3.05) is 24.3 Å². The summed E-state index contributed by atoms with van der Waals surface area (Å²) < 4.78 is 5.48. The average Bonchev–Trinajstić information content (AvgIpc) is 2.48. The standard InChI is InChI=1S/C15H21N5O/c1-5-8-21-15-19-13(16-4)18-14(20-15)17-12-7-6-10(2)9-11(12)3/h6-7,9H,5,8H2,1-4H3,(H2,16,17,18,19,20). The number of aromatic nitrogens is 3. The summed E-state index contributed by atoms with van der Waals surface area (Å²) in [4.78, 5) is 12.7. The van der Waals surface area contributed by atoms with Gasteiger partial charge in [-0.25, -0.2) is 0 Å². The summed E-state index contributed by atoms with van der Waals surface area (Å²) in [6, 6.07) is 6.49. The van der Waals surface area contributed by atoms with Gasteiger partial charge in [0.2, 0.25) is 11.9 Å². The van der Waals surface area contributed by atoms with Crippen LogP contribution in [0.2, 0.25) is 0 Å². The molecule has 0 aliphatic rings. The fourth-order valence-electron chi connectivity index (χ4n) is 1.86. The highest BCUT2D eigenvalue weighted by Crippen LogP contribution is 2.21. The minimum Gasteiger partial charge on any atom is -0.463 e. The van der Waals surface area contributed by atoms with E-state index in [1.165, 1.54) is 5.56 Å². The lowest BCUT2D eigenvalue weighted by atomic mass is 10.1. The van der Waals surface area contributed by atoms with Crippen molar-refractivity contribution < 1.29 is 4.74 Å². The molecule has 0 unspecified atom stereocenters. The molecule has 0 aliphatic carbocycles. The van der Waals surface area contributed by atoms with Crippen molar-refractivity contribution >= 4 is 17.6 Å². The van der Waals surface area contributed by atoms with E-state index in [0.717, 1.165) is 17.7 Å². The van der Waals surface area contributed by atoms with Gasteiger partial charge in [0, 0.05) is 12.7 Å².